The van der Waals surface area contributed by atoms with Gasteiger partial charge in [-0.05, 0) is 61.6 Å². The van der Waals surface area contributed by atoms with Gasteiger partial charge in [0.1, 0.15) is 0 Å². The monoisotopic (exact) mass is 356 g/mol. The molecule has 6 nitrogen and oxygen atoms in total. The molecule has 1 aliphatic rings. The summed E-state index contributed by atoms with van der Waals surface area (Å²) in [6.07, 6.45) is 8.19. The van der Waals surface area contributed by atoms with Crippen molar-refractivity contribution in [3.05, 3.63) is 30.1 Å². The Morgan fingerprint density at radius 3 is 2.69 bits per heavy atom. The second-order valence-corrected chi connectivity index (χ2v) is 7.66. The Labute approximate surface area is 154 Å². The first-order valence-corrected chi connectivity index (χ1v) is 9.43. The van der Waals surface area contributed by atoms with E-state index >= 15 is 0 Å². The molecule has 1 aliphatic carbocycles. The SMILES string of the molecule is CC(C)COC(=O)NC1CCC(Cc2cc(N)cc3nccnc23)CC1. The van der Waals surface area contributed by atoms with Crippen LogP contribution in [-0.2, 0) is 11.2 Å². The Kier molecular flexibility index (Phi) is 5.91. The van der Waals surface area contributed by atoms with Crippen molar-refractivity contribution in [2.75, 3.05) is 12.3 Å². The van der Waals surface area contributed by atoms with E-state index in [1.165, 1.54) is 5.56 Å². The molecule has 1 amide bonds. The number of carbonyl (C=O) groups excluding carboxylic acids is 1. The van der Waals surface area contributed by atoms with Gasteiger partial charge in [-0.2, -0.15) is 0 Å². The second kappa shape index (κ2) is 8.34. The molecule has 0 unspecified atom stereocenters. The van der Waals surface area contributed by atoms with Crippen LogP contribution < -0.4 is 11.1 Å². The number of alkyl carbamates (subject to hydrolysis) is 1. The van der Waals surface area contributed by atoms with Gasteiger partial charge >= 0.3 is 6.09 Å². The van der Waals surface area contributed by atoms with Crippen LogP contribution in [0.2, 0.25) is 0 Å². The topological polar surface area (TPSA) is 90.1 Å². The maximum absolute atomic E-state index is 11.8. The van der Waals surface area contributed by atoms with Gasteiger partial charge in [-0.3, -0.25) is 9.97 Å². The predicted molar refractivity (Wildman–Crippen MR) is 103 cm³/mol. The number of aromatic nitrogens is 2. The molecule has 0 bridgehead atoms. The van der Waals surface area contributed by atoms with Crippen LogP contribution in [0.25, 0.3) is 11.0 Å². The summed E-state index contributed by atoms with van der Waals surface area (Å²) >= 11 is 0. The van der Waals surface area contributed by atoms with E-state index in [0.29, 0.717) is 18.4 Å². The first-order valence-electron chi connectivity index (χ1n) is 9.43. The average molecular weight is 356 g/mol. The third kappa shape index (κ3) is 4.84. The van der Waals surface area contributed by atoms with E-state index < -0.39 is 0 Å². The van der Waals surface area contributed by atoms with Crippen molar-refractivity contribution in [3.8, 4) is 0 Å². The summed E-state index contributed by atoms with van der Waals surface area (Å²) in [5.74, 6) is 0.930. The molecule has 0 radical (unpaired) electrons. The molecular formula is C20H28N4O2. The van der Waals surface area contributed by atoms with E-state index in [0.717, 1.165) is 48.8 Å². The fraction of sp³-hybridized carbons (Fsp3) is 0.550. The third-order valence-corrected chi connectivity index (χ3v) is 4.90. The summed E-state index contributed by atoms with van der Waals surface area (Å²) in [4.78, 5) is 20.7. The molecule has 1 aromatic carbocycles. The maximum Gasteiger partial charge on any atom is 0.407 e. The van der Waals surface area contributed by atoms with Crippen LogP contribution in [-0.4, -0.2) is 28.7 Å². The van der Waals surface area contributed by atoms with Crippen molar-refractivity contribution in [3.63, 3.8) is 0 Å². The van der Waals surface area contributed by atoms with Gasteiger partial charge < -0.3 is 15.8 Å². The zero-order valence-electron chi connectivity index (χ0n) is 15.6. The van der Waals surface area contributed by atoms with Crippen molar-refractivity contribution in [1.29, 1.82) is 0 Å². The Hall–Kier alpha value is -2.37. The molecule has 0 atom stereocenters. The summed E-state index contributed by atoms with van der Waals surface area (Å²) < 4.78 is 5.21. The van der Waals surface area contributed by atoms with E-state index in [2.05, 4.69) is 15.3 Å². The van der Waals surface area contributed by atoms with E-state index in [-0.39, 0.29) is 12.1 Å². The molecule has 1 aromatic heterocycles. The molecule has 3 rings (SSSR count). The quantitative estimate of drug-likeness (QED) is 0.797. The molecule has 1 fully saturated rings. The van der Waals surface area contributed by atoms with Crippen molar-refractivity contribution in [2.24, 2.45) is 11.8 Å². The number of anilines is 1. The van der Waals surface area contributed by atoms with Crippen LogP contribution >= 0.6 is 0 Å². The summed E-state index contributed by atoms with van der Waals surface area (Å²) in [6, 6.07) is 4.10. The minimum atomic E-state index is -0.292. The number of hydrogen-bond donors (Lipinski definition) is 2. The fourth-order valence-corrected chi connectivity index (χ4v) is 3.60. The fourth-order valence-electron chi connectivity index (χ4n) is 3.60. The number of amides is 1. The van der Waals surface area contributed by atoms with Crippen LogP contribution in [0.1, 0.15) is 45.1 Å². The Balaban J connectivity index is 1.54. The standard InChI is InChI=1S/C20H28N4O2/c1-13(2)12-26-20(25)24-17-5-3-14(4-6-17)9-15-10-16(21)11-18-19(15)23-8-7-22-18/h7-8,10-11,13-14,17H,3-6,9,12,21H2,1-2H3,(H,24,25). The summed E-state index contributed by atoms with van der Waals surface area (Å²) in [6.45, 7) is 4.52. The van der Waals surface area contributed by atoms with E-state index in [1.807, 2.05) is 26.0 Å². The lowest BCUT2D eigenvalue weighted by Gasteiger charge is -2.29. The van der Waals surface area contributed by atoms with Crippen LogP contribution in [0.4, 0.5) is 10.5 Å². The number of nitrogens with zero attached hydrogens (tertiary/aromatic N) is 2. The number of nitrogen functional groups attached to an aromatic ring is 1. The maximum atomic E-state index is 11.8. The third-order valence-electron chi connectivity index (χ3n) is 4.90. The number of fused-ring (bicyclic) bond motifs is 1. The lowest BCUT2D eigenvalue weighted by molar-refractivity contribution is 0.125. The Morgan fingerprint density at radius 1 is 1.23 bits per heavy atom. The highest BCUT2D eigenvalue weighted by Gasteiger charge is 2.24. The van der Waals surface area contributed by atoms with Gasteiger partial charge in [0.25, 0.3) is 0 Å². The minimum Gasteiger partial charge on any atom is -0.449 e. The van der Waals surface area contributed by atoms with E-state index in [9.17, 15) is 4.79 Å². The molecule has 1 heterocycles. The largest absolute Gasteiger partial charge is 0.449 e. The lowest BCUT2D eigenvalue weighted by Crippen LogP contribution is -2.38. The number of ether oxygens (including phenoxy) is 1. The number of carbonyl (C=O) groups is 1. The molecule has 3 N–H and O–H groups in total. The second-order valence-electron chi connectivity index (χ2n) is 7.66. The molecule has 140 valence electrons. The first-order chi connectivity index (χ1) is 12.5. The van der Waals surface area contributed by atoms with Gasteiger partial charge in [0, 0.05) is 24.1 Å². The molecular weight excluding hydrogens is 328 g/mol. The molecule has 0 spiro atoms. The Bertz CT molecular complexity index is 755. The van der Waals surface area contributed by atoms with Crippen LogP contribution in [0.15, 0.2) is 24.5 Å². The highest BCUT2D eigenvalue weighted by atomic mass is 16.5. The minimum absolute atomic E-state index is 0.211. The molecule has 6 heteroatoms. The predicted octanol–water partition coefficient (Wildman–Crippen LogP) is 3.70. The van der Waals surface area contributed by atoms with E-state index in [1.54, 1.807) is 12.4 Å². The van der Waals surface area contributed by atoms with Crippen molar-refractivity contribution < 1.29 is 9.53 Å². The molecule has 1 saturated carbocycles. The normalized spacial score (nSPS) is 20.3. The highest BCUT2D eigenvalue weighted by molar-refractivity contribution is 5.81. The van der Waals surface area contributed by atoms with Crippen molar-refractivity contribution in [1.82, 2.24) is 15.3 Å². The number of hydrogen-bond acceptors (Lipinski definition) is 5. The first kappa shape index (κ1) is 18.4. The van der Waals surface area contributed by atoms with Gasteiger partial charge in [-0.25, -0.2) is 4.79 Å². The zero-order chi connectivity index (χ0) is 18.5. The molecule has 0 saturated heterocycles. The van der Waals surface area contributed by atoms with E-state index in [4.69, 9.17) is 10.5 Å². The lowest BCUT2D eigenvalue weighted by atomic mass is 9.82. The van der Waals surface area contributed by atoms with Crippen LogP contribution in [0, 0.1) is 11.8 Å². The van der Waals surface area contributed by atoms with Crippen LogP contribution in [0.5, 0.6) is 0 Å². The smallest absolute Gasteiger partial charge is 0.407 e. The van der Waals surface area contributed by atoms with Gasteiger partial charge in [0.2, 0.25) is 0 Å². The molecule has 0 aliphatic heterocycles. The Morgan fingerprint density at radius 2 is 1.96 bits per heavy atom. The van der Waals surface area contributed by atoms with Gasteiger partial charge in [0.15, 0.2) is 0 Å². The average Bonchev–Trinajstić information content (AvgIpc) is 2.61. The highest BCUT2D eigenvalue weighted by Crippen LogP contribution is 2.30. The zero-order valence-corrected chi connectivity index (χ0v) is 15.6. The number of benzene rings is 1. The summed E-state index contributed by atoms with van der Waals surface area (Å²) in [7, 11) is 0. The number of nitrogens with one attached hydrogen (secondary N) is 1. The van der Waals surface area contributed by atoms with Crippen molar-refractivity contribution in [2.45, 2.75) is 52.0 Å². The summed E-state index contributed by atoms with van der Waals surface area (Å²) in [5.41, 5.74) is 9.72. The van der Waals surface area contributed by atoms with Gasteiger partial charge in [-0.1, -0.05) is 13.8 Å². The summed E-state index contributed by atoms with van der Waals surface area (Å²) in [5, 5.41) is 2.99. The number of rotatable bonds is 5. The number of nitrogens with two attached hydrogens (primary N) is 1. The molecule has 26 heavy (non-hydrogen) atoms. The van der Waals surface area contributed by atoms with Gasteiger partial charge in [-0.15, -0.1) is 0 Å². The molecule has 2 aromatic rings. The van der Waals surface area contributed by atoms with Crippen molar-refractivity contribution >= 4 is 22.8 Å². The van der Waals surface area contributed by atoms with Crippen LogP contribution in [0.3, 0.4) is 0 Å². The van der Waals surface area contributed by atoms with Gasteiger partial charge in [0.05, 0.1) is 17.6 Å².